The smallest absolute Gasteiger partial charge is 0.231 e. The van der Waals surface area contributed by atoms with Gasteiger partial charge in [-0.2, -0.15) is 0 Å². The number of hydrogen-bond acceptors (Lipinski definition) is 5. The summed E-state index contributed by atoms with van der Waals surface area (Å²) in [6.07, 6.45) is 1.64. The number of likely N-dealkylation sites (N-methyl/N-ethyl adjacent to an activating group) is 1. The van der Waals surface area contributed by atoms with E-state index in [4.69, 9.17) is 13.9 Å². The molecule has 0 radical (unpaired) electrons. The minimum Gasteiger partial charge on any atom is -0.468 e. The number of hydrogen-bond donors (Lipinski definition) is 0. The van der Waals surface area contributed by atoms with Crippen molar-refractivity contribution in [1.29, 1.82) is 0 Å². The number of rotatable bonds is 6. The fraction of sp³-hybridized carbons (Fsp3) is 0.312. The van der Waals surface area contributed by atoms with E-state index in [1.54, 1.807) is 24.5 Å². The minimum atomic E-state index is 0.0571. The molecule has 21 heavy (non-hydrogen) atoms. The number of carbonyl (C=O) groups excluding carboxylic acids is 1. The third-order valence-corrected chi connectivity index (χ3v) is 3.47. The number of furan rings is 1. The molecule has 5 heteroatoms. The van der Waals surface area contributed by atoms with Crippen LogP contribution in [0.2, 0.25) is 0 Å². The standard InChI is InChI=1S/C16H17NO4/c1-2-17(9-13-4-3-7-19-13)10-14(18)12-5-6-15-16(8-12)21-11-20-15/h3-8H,2,9-11H2,1H3. The van der Waals surface area contributed by atoms with Crippen molar-refractivity contribution < 1.29 is 18.7 Å². The van der Waals surface area contributed by atoms with Gasteiger partial charge in [0.2, 0.25) is 6.79 Å². The monoisotopic (exact) mass is 287 g/mol. The molecule has 0 atom stereocenters. The van der Waals surface area contributed by atoms with Gasteiger partial charge in [0.25, 0.3) is 0 Å². The number of benzene rings is 1. The van der Waals surface area contributed by atoms with Crippen LogP contribution in [-0.2, 0) is 6.54 Å². The van der Waals surface area contributed by atoms with Gasteiger partial charge in [0.15, 0.2) is 17.3 Å². The van der Waals surface area contributed by atoms with Crippen molar-refractivity contribution in [2.45, 2.75) is 13.5 Å². The summed E-state index contributed by atoms with van der Waals surface area (Å²) >= 11 is 0. The number of nitrogens with zero attached hydrogens (tertiary/aromatic N) is 1. The number of ketones is 1. The van der Waals surface area contributed by atoms with E-state index in [1.807, 2.05) is 24.0 Å². The molecule has 1 aromatic heterocycles. The van der Waals surface area contributed by atoms with E-state index >= 15 is 0 Å². The molecule has 2 heterocycles. The van der Waals surface area contributed by atoms with E-state index < -0.39 is 0 Å². The first-order chi connectivity index (χ1) is 10.3. The summed E-state index contributed by atoms with van der Waals surface area (Å²) in [7, 11) is 0. The van der Waals surface area contributed by atoms with Crippen molar-refractivity contribution in [2.24, 2.45) is 0 Å². The van der Waals surface area contributed by atoms with E-state index in [9.17, 15) is 4.79 Å². The van der Waals surface area contributed by atoms with Gasteiger partial charge in [0, 0.05) is 5.56 Å². The minimum absolute atomic E-state index is 0.0571. The Hall–Kier alpha value is -2.27. The predicted molar refractivity (Wildman–Crippen MR) is 76.6 cm³/mol. The maximum atomic E-state index is 12.4. The Balaban J connectivity index is 1.67. The zero-order chi connectivity index (χ0) is 14.7. The summed E-state index contributed by atoms with van der Waals surface area (Å²) in [5, 5.41) is 0. The zero-order valence-electron chi connectivity index (χ0n) is 11.9. The van der Waals surface area contributed by atoms with E-state index in [1.165, 1.54) is 0 Å². The third-order valence-electron chi connectivity index (χ3n) is 3.47. The Kier molecular flexibility index (Phi) is 3.92. The molecule has 1 aromatic carbocycles. The molecule has 1 aliphatic rings. The van der Waals surface area contributed by atoms with Crippen molar-refractivity contribution in [3.05, 3.63) is 47.9 Å². The van der Waals surface area contributed by atoms with E-state index in [-0.39, 0.29) is 12.6 Å². The van der Waals surface area contributed by atoms with Gasteiger partial charge in [0.1, 0.15) is 5.76 Å². The molecule has 3 rings (SSSR count). The molecular weight excluding hydrogens is 270 g/mol. The summed E-state index contributed by atoms with van der Waals surface area (Å²) in [6, 6.07) is 9.05. The van der Waals surface area contributed by atoms with Gasteiger partial charge in [-0.25, -0.2) is 0 Å². The Labute approximate surface area is 123 Å². The summed E-state index contributed by atoms with van der Waals surface area (Å²) < 4.78 is 15.9. The lowest BCUT2D eigenvalue weighted by Crippen LogP contribution is -2.29. The first-order valence-electron chi connectivity index (χ1n) is 6.94. The predicted octanol–water partition coefficient (Wildman–Crippen LogP) is 2.71. The second kappa shape index (κ2) is 6.01. The lowest BCUT2D eigenvalue weighted by Gasteiger charge is -2.18. The highest BCUT2D eigenvalue weighted by molar-refractivity contribution is 5.98. The highest BCUT2D eigenvalue weighted by Crippen LogP contribution is 2.32. The normalized spacial score (nSPS) is 12.9. The Morgan fingerprint density at radius 1 is 1.24 bits per heavy atom. The van der Waals surface area contributed by atoms with Gasteiger partial charge in [0.05, 0.1) is 19.4 Å². The van der Waals surface area contributed by atoms with E-state index in [0.717, 1.165) is 12.3 Å². The molecular formula is C16H17NO4. The molecule has 0 N–H and O–H groups in total. The number of fused-ring (bicyclic) bond motifs is 1. The molecule has 0 bridgehead atoms. The Morgan fingerprint density at radius 2 is 2.10 bits per heavy atom. The van der Waals surface area contributed by atoms with Crippen LogP contribution in [0.3, 0.4) is 0 Å². The molecule has 0 aliphatic carbocycles. The molecule has 2 aromatic rings. The van der Waals surface area contributed by atoms with Gasteiger partial charge < -0.3 is 13.9 Å². The highest BCUT2D eigenvalue weighted by atomic mass is 16.7. The molecule has 0 unspecified atom stereocenters. The van der Waals surface area contributed by atoms with Crippen LogP contribution in [0.4, 0.5) is 0 Å². The Morgan fingerprint density at radius 3 is 2.86 bits per heavy atom. The van der Waals surface area contributed by atoms with E-state index in [2.05, 4.69) is 0 Å². The molecule has 5 nitrogen and oxygen atoms in total. The van der Waals surface area contributed by atoms with Crippen LogP contribution >= 0.6 is 0 Å². The zero-order valence-corrected chi connectivity index (χ0v) is 11.9. The van der Waals surface area contributed by atoms with Crippen LogP contribution in [0.25, 0.3) is 0 Å². The largest absolute Gasteiger partial charge is 0.468 e. The van der Waals surface area contributed by atoms with Crippen LogP contribution < -0.4 is 9.47 Å². The quantitative estimate of drug-likeness (QED) is 0.765. The van der Waals surface area contributed by atoms with Crippen molar-refractivity contribution in [3.63, 3.8) is 0 Å². The number of carbonyl (C=O) groups is 1. The van der Waals surface area contributed by atoms with Crippen LogP contribution in [-0.4, -0.2) is 30.6 Å². The summed E-state index contributed by atoms with van der Waals surface area (Å²) in [4.78, 5) is 14.4. The van der Waals surface area contributed by atoms with Crippen LogP contribution in [0, 0.1) is 0 Å². The summed E-state index contributed by atoms with van der Waals surface area (Å²) in [5.41, 5.74) is 0.636. The molecule has 0 spiro atoms. The molecule has 0 saturated carbocycles. The lowest BCUT2D eigenvalue weighted by atomic mass is 10.1. The fourth-order valence-electron chi connectivity index (χ4n) is 2.27. The molecule has 110 valence electrons. The van der Waals surface area contributed by atoms with Gasteiger partial charge >= 0.3 is 0 Å². The average molecular weight is 287 g/mol. The first-order valence-corrected chi connectivity index (χ1v) is 6.94. The fourth-order valence-corrected chi connectivity index (χ4v) is 2.27. The molecule has 0 amide bonds. The molecule has 0 saturated heterocycles. The second-order valence-electron chi connectivity index (χ2n) is 4.87. The summed E-state index contributed by atoms with van der Waals surface area (Å²) in [5.74, 6) is 2.24. The van der Waals surface area contributed by atoms with Crippen LogP contribution in [0.1, 0.15) is 23.0 Å². The van der Waals surface area contributed by atoms with Crippen LogP contribution in [0.15, 0.2) is 41.0 Å². The van der Waals surface area contributed by atoms with Gasteiger partial charge in [-0.1, -0.05) is 6.92 Å². The second-order valence-corrected chi connectivity index (χ2v) is 4.87. The van der Waals surface area contributed by atoms with Gasteiger partial charge in [-0.05, 0) is 36.9 Å². The van der Waals surface area contributed by atoms with Gasteiger partial charge in [-0.3, -0.25) is 9.69 Å². The highest BCUT2D eigenvalue weighted by Gasteiger charge is 2.18. The van der Waals surface area contributed by atoms with Gasteiger partial charge in [-0.15, -0.1) is 0 Å². The number of ether oxygens (including phenoxy) is 2. The third kappa shape index (κ3) is 3.08. The van der Waals surface area contributed by atoms with E-state index in [0.29, 0.717) is 30.2 Å². The van der Waals surface area contributed by atoms with Crippen molar-refractivity contribution >= 4 is 5.78 Å². The SMILES string of the molecule is CCN(CC(=O)c1ccc2c(c1)OCO2)Cc1ccco1. The average Bonchev–Trinajstić information content (AvgIpc) is 3.16. The Bertz CT molecular complexity index is 621. The molecule has 0 fully saturated rings. The lowest BCUT2D eigenvalue weighted by molar-refractivity contribution is 0.0924. The maximum absolute atomic E-state index is 12.4. The van der Waals surface area contributed by atoms with Crippen molar-refractivity contribution in [3.8, 4) is 11.5 Å². The molecule has 1 aliphatic heterocycles. The first kappa shape index (κ1) is 13.7. The topological polar surface area (TPSA) is 51.9 Å². The maximum Gasteiger partial charge on any atom is 0.231 e. The van der Waals surface area contributed by atoms with Crippen molar-refractivity contribution in [2.75, 3.05) is 19.9 Å². The summed E-state index contributed by atoms with van der Waals surface area (Å²) in [6.45, 7) is 3.98. The van der Waals surface area contributed by atoms with Crippen molar-refractivity contribution in [1.82, 2.24) is 4.90 Å². The number of Topliss-reactive ketones (excluding diaryl/α,β-unsaturated/α-hetero) is 1. The van der Waals surface area contributed by atoms with Crippen LogP contribution in [0.5, 0.6) is 11.5 Å².